The molecule has 1 aliphatic rings. The first-order valence-electron chi connectivity index (χ1n) is 7.18. The Bertz CT molecular complexity index is 393. The predicted molar refractivity (Wildman–Crippen MR) is 79.3 cm³/mol. The molecule has 2 unspecified atom stereocenters. The average molecular weight is 262 g/mol. The van der Waals surface area contributed by atoms with Crippen molar-refractivity contribution >= 4 is 0 Å². The molecule has 106 valence electrons. The second kappa shape index (κ2) is 6.51. The summed E-state index contributed by atoms with van der Waals surface area (Å²) < 4.78 is 5.67. The molecule has 3 nitrogen and oxygen atoms in total. The number of likely N-dealkylation sites (N-methyl/N-ethyl adjacent to an activating group) is 1. The van der Waals surface area contributed by atoms with Crippen LogP contribution in [0.25, 0.3) is 0 Å². The van der Waals surface area contributed by atoms with Crippen molar-refractivity contribution in [1.82, 2.24) is 4.90 Å². The first-order valence-corrected chi connectivity index (χ1v) is 7.18. The highest BCUT2D eigenvalue weighted by Crippen LogP contribution is 2.17. The van der Waals surface area contributed by atoms with E-state index in [1.165, 1.54) is 29.5 Å². The SMILES string of the molecule is Cc1cc(C)cc(C(N)CN(C)CC2CCCO2)c1. The van der Waals surface area contributed by atoms with Crippen LogP contribution in [-0.4, -0.2) is 37.7 Å². The quantitative estimate of drug-likeness (QED) is 0.885. The van der Waals surface area contributed by atoms with Gasteiger partial charge in [0.05, 0.1) is 6.10 Å². The maximum atomic E-state index is 6.33. The molecule has 1 aliphatic heterocycles. The third-order valence-corrected chi connectivity index (χ3v) is 3.72. The summed E-state index contributed by atoms with van der Waals surface area (Å²) in [5, 5.41) is 0. The van der Waals surface area contributed by atoms with Gasteiger partial charge in [-0.1, -0.05) is 29.3 Å². The lowest BCUT2D eigenvalue weighted by Crippen LogP contribution is -2.34. The van der Waals surface area contributed by atoms with Gasteiger partial charge in [-0.3, -0.25) is 0 Å². The average Bonchev–Trinajstić information content (AvgIpc) is 2.80. The Morgan fingerprint density at radius 3 is 2.58 bits per heavy atom. The van der Waals surface area contributed by atoms with E-state index in [-0.39, 0.29) is 6.04 Å². The van der Waals surface area contributed by atoms with Gasteiger partial charge in [0.2, 0.25) is 0 Å². The fraction of sp³-hybridized carbons (Fsp3) is 0.625. The number of ether oxygens (including phenoxy) is 1. The van der Waals surface area contributed by atoms with Crippen molar-refractivity contribution in [2.24, 2.45) is 5.73 Å². The van der Waals surface area contributed by atoms with Crippen LogP contribution in [-0.2, 0) is 4.74 Å². The van der Waals surface area contributed by atoms with Gasteiger partial charge in [-0.15, -0.1) is 0 Å². The largest absolute Gasteiger partial charge is 0.377 e. The van der Waals surface area contributed by atoms with Crippen molar-refractivity contribution in [3.8, 4) is 0 Å². The fourth-order valence-corrected chi connectivity index (χ4v) is 2.88. The molecule has 0 amide bonds. The van der Waals surface area contributed by atoms with E-state index in [0.717, 1.165) is 19.7 Å². The molecule has 1 heterocycles. The summed E-state index contributed by atoms with van der Waals surface area (Å²) in [5.41, 5.74) is 10.1. The van der Waals surface area contributed by atoms with E-state index in [1.54, 1.807) is 0 Å². The van der Waals surface area contributed by atoms with Crippen molar-refractivity contribution in [2.45, 2.75) is 38.8 Å². The van der Waals surface area contributed by atoms with Crippen molar-refractivity contribution in [2.75, 3.05) is 26.7 Å². The minimum Gasteiger partial charge on any atom is -0.377 e. The molecule has 0 spiro atoms. The predicted octanol–water partition coefficient (Wildman–Crippen LogP) is 2.41. The van der Waals surface area contributed by atoms with Gasteiger partial charge in [-0.25, -0.2) is 0 Å². The molecule has 2 N–H and O–H groups in total. The summed E-state index contributed by atoms with van der Waals surface area (Å²) in [6, 6.07) is 6.64. The summed E-state index contributed by atoms with van der Waals surface area (Å²) in [4.78, 5) is 2.29. The van der Waals surface area contributed by atoms with Gasteiger partial charge >= 0.3 is 0 Å². The third-order valence-electron chi connectivity index (χ3n) is 3.72. The van der Waals surface area contributed by atoms with E-state index in [1.807, 2.05) is 0 Å². The topological polar surface area (TPSA) is 38.5 Å². The highest BCUT2D eigenvalue weighted by Gasteiger charge is 2.18. The van der Waals surface area contributed by atoms with E-state index in [0.29, 0.717) is 6.10 Å². The number of benzene rings is 1. The zero-order valence-electron chi connectivity index (χ0n) is 12.4. The van der Waals surface area contributed by atoms with Crippen molar-refractivity contribution < 1.29 is 4.74 Å². The number of rotatable bonds is 5. The van der Waals surface area contributed by atoms with E-state index in [4.69, 9.17) is 10.5 Å². The molecule has 19 heavy (non-hydrogen) atoms. The minimum atomic E-state index is 0.0741. The van der Waals surface area contributed by atoms with Crippen LogP contribution in [0.1, 0.15) is 35.6 Å². The van der Waals surface area contributed by atoms with Gasteiger partial charge in [-0.2, -0.15) is 0 Å². The van der Waals surface area contributed by atoms with Gasteiger partial charge in [0.25, 0.3) is 0 Å². The van der Waals surface area contributed by atoms with Gasteiger partial charge in [0.1, 0.15) is 0 Å². The second-order valence-electron chi connectivity index (χ2n) is 5.88. The molecule has 3 heteroatoms. The number of nitrogens with two attached hydrogens (primary N) is 1. The van der Waals surface area contributed by atoms with Gasteiger partial charge in [-0.05, 0) is 39.3 Å². The van der Waals surface area contributed by atoms with Crippen molar-refractivity contribution in [3.05, 3.63) is 34.9 Å². The molecule has 1 aromatic rings. The Morgan fingerprint density at radius 1 is 1.32 bits per heavy atom. The molecule has 2 rings (SSSR count). The lowest BCUT2D eigenvalue weighted by atomic mass is 10.0. The van der Waals surface area contributed by atoms with Crippen LogP contribution in [0.4, 0.5) is 0 Å². The highest BCUT2D eigenvalue weighted by atomic mass is 16.5. The van der Waals surface area contributed by atoms with Crippen molar-refractivity contribution in [1.29, 1.82) is 0 Å². The molecule has 2 atom stereocenters. The highest BCUT2D eigenvalue weighted by molar-refractivity contribution is 5.30. The van der Waals surface area contributed by atoms with Gasteiger partial charge in [0, 0.05) is 25.7 Å². The summed E-state index contributed by atoms with van der Waals surface area (Å²) in [6.45, 7) is 7.03. The second-order valence-corrected chi connectivity index (χ2v) is 5.88. The molecule has 1 fully saturated rings. The van der Waals surface area contributed by atoms with E-state index in [2.05, 4.69) is 44.0 Å². The standard InChI is InChI=1S/C16H26N2O/c1-12-7-13(2)9-14(8-12)16(17)11-18(3)10-15-5-4-6-19-15/h7-9,15-16H,4-6,10-11,17H2,1-3H3. The monoisotopic (exact) mass is 262 g/mol. The van der Waals surface area contributed by atoms with Crippen LogP contribution < -0.4 is 5.73 Å². The lowest BCUT2D eigenvalue weighted by Gasteiger charge is -2.24. The summed E-state index contributed by atoms with van der Waals surface area (Å²) >= 11 is 0. The smallest absolute Gasteiger partial charge is 0.0702 e. The Labute approximate surface area is 116 Å². The summed E-state index contributed by atoms with van der Waals surface area (Å²) in [7, 11) is 2.13. The van der Waals surface area contributed by atoms with Crippen LogP contribution in [0, 0.1) is 13.8 Å². The number of nitrogens with zero attached hydrogens (tertiary/aromatic N) is 1. The summed E-state index contributed by atoms with van der Waals surface area (Å²) in [6.07, 6.45) is 2.78. The summed E-state index contributed by atoms with van der Waals surface area (Å²) in [5.74, 6) is 0. The number of hydrogen-bond donors (Lipinski definition) is 1. The Kier molecular flexibility index (Phi) is 4.97. The van der Waals surface area contributed by atoms with E-state index >= 15 is 0 Å². The molecule has 0 radical (unpaired) electrons. The zero-order valence-corrected chi connectivity index (χ0v) is 12.4. The molecule has 1 saturated heterocycles. The number of aryl methyl sites for hydroxylation is 2. The molecule has 0 aromatic heterocycles. The minimum absolute atomic E-state index is 0.0741. The Morgan fingerprint density at radius 2 is 2.00 bits per heavy atom. The first-order chi connectivity index (χ1) is 9.04. The van der Waals surface area contributed by atoms with Crippen LogP contribution in [0.3, 0.4) is 0 Å². The van der Waals surface area contributed by atoms with Crippen LogP contribution >= 0.6 is 0 Å². The molecule has 0 saturated carbocycles. The van der Waals surface area contributed by atoms with Crippen LogP contribution in [0.2, 0.25) is 0 Å². The maximum absolute atomic E-state index is 6.33. The van der Waals surface area contributed by atoms with E-state index in [9.17, 15) is 0 Å². The van der Waals surface area contributed by atoms with Gasteiger partial charge in [0.15, 0.2) is 0 Å². The maximum Gasteiger partial charge on any atom is 0.0702 e. The van der Waals surface area contributed by atoms with Crippen molar-refractivity contribution in [3.63, 3.8) is 0 Å². The molecule has 1 aromatic carbocycles. The van der Waals surface area contributed by atoms with E-state index < -0.39 is 0 Å². The molecule has 0 bridgehead atoms. The van der Waals surface area contributed by atoms with Gasteiger partial charge < -0.3 is 15.4 Å². The number of hydrogen-bond acceptors (Lipinski definition) is 3. The Balaban J connectivity index is 1.90. The lowest BCUT2D eigenvalue weighted by molar-refractivity contribution is 0.0796. The molecular weight excluding hydrogens is 236 g/mol. The van der Waals surface area contributed by atoms with Crippen LogP contribution in [0.15, 0.2) is 18.2 Å². The van der Waals surface area contributed by atoms with Crippen LogP contribution in [0.5, 0.6) is 0 Å². The normalized spacial score (nSPS) is 21.0. The zero-order chi connectivity index (χ0) is 13.8. The Hall–Kier alpha value is -0.900. The first kappa shape index (κ1) is 14.5. The fourth-order valence-electron chi connectivity index (χ4n) is 2.88. The molecule has 0 aliphatic carbocycles. The molecular formula is C16H26N2O. The third kappa shape index (κ3) is 4.30.